The SMILES string of the molecule is COc1cc(/C=C2\C(=O)NC(=O)N(c3cc(C)cc(C)c3)C2=O)c(Br)cc1OCc1cccc(C)c1. The fraction of sp³-hybridized carbons (Fsp3) is 0.179. The maximum atomic E-state index is 13.3. The molecule has 4 amide bonds. The zero-order valence-corrected chi connectivity index (χ0v) is 21.9. The summed E-state index contributed by atoms with van der Waals surface area (Å²) in [6.07, 6.45) is 1.43. The Morgan fingerprint density at radius 2 is 1.64 bits per heavy atom. The third-order valence-electron chi connectivity index (χ3n) is 5.63. The molecule has 1 N–H and O–H groups in total. The van der Waals surface area contributed by atoms with E-state index in [1.54, 1.807) is 24.3 Å². The van der Waals surface area contributed by atoms with Gasteiger partial charge in [-0.2, -0.15) is 0 Å². The molecule has 0 radical (unpaired) electrons. The molecular weight excluding hydrogens is 524 g/mol. The number of methoxy groups -OCH3 is 1. The first kappa shape index (κ1) is 25.2. The summed E-state index contributed by atoms with van der Waals surface area (Å²) in [5, 5.41) is 2.26. The molecule has 3 aromatic carbocycles. The van der Waals surface area contributed by atoms with E-state index < -0.39 is 17.8 Å². The molecule has 0 bridgehead atoms. The lowest BCUT2D eigenvalue weighted by molar-refractivity contribution is -0.122. The molecule has 1 aliphatic rings. The average Bonchev–Trinajstić information content (AvgIpc) is 2.80. The molecule has 0 atom stereocenters. The van der Waals surface area contributed by atoms with Crippen LogP contribution >= 0.6 is 15.9 Å². The predicted octanol–water partition coefficient (Wildman–Crippen LogP) is 5.63. The van der Waals surface area contributed by atoms with Crippen LogP contribution in [0.3, 0.4) is 0 Å². The van der Waals surface area contributed by atoms with Crippen molar-refractivity contribution in [3.8, 4) is 11.5 Å². The Hall–Kier alpha value is -3.91. The number of carbonyl (C=O) groups excluding carboxylic acids is 3. The number of amides is 4. The summed E-state index contributed by atoms with van der Waals surface area (Å²) in [4.78, 5) is 39.5. The van der Waals surface area contributed by atoms with Crippen LogP contribution in [0.25, 0.3) is 6.08 Å². The van der Waals surface area contributed by atoms with E-state index in [4.69, 9.17) is 9.47 Å². The van der Waals surface area contributed by atoms with E-state index in [0.717, 1.165) is 27.2 Å². The van der Waals surface area contributed by atoms with Crippen molar-refractivity contribution in [3.05, 3.63) is 92.5 Å². The Labute approximate surface area is 217 Å². The lowest BCUT2D eigenvalue weighted by Gasteiger charge is -2.27. The minimum atomic E-state index is -0.788. The molecule has 4 rings (SSSR count). The summed E-state index contributed by atoms with van der Waals surface area (Å²) in [6.45, 7) is 6.10. The van der Waals surface area contributed by atoms with Gasteiger partial charge in [0.1, 0.15) is 12.2 Å². The van der Waals surface area contributed by atoms with Gasteiger partial charge in [0.2, 0.25) is 0 Å². The molecule has 1 heterocycles. The Bertz CT molecular complexity index is 1390. The van der Waals surface area contributed by atoms with Crippen LogP contribution in [0.4, 0.5) is 10.5 Å². The Kier molecular flexibility index (Phi) is 7.26. The molecule has 0 saturated carbocycles. The summed E-state index contributed by atoms with van der Waals surface area (Å²) in [6, 6.07) is 16.0. The van der Waals surface area contributed by atoms with E-state index in [1.807, 2.05) is 51.1 Å². The van der Waals surface area contributed by atoms with Crippen molar-refractivity contribution in [2.24, 2.45) is 0 Å². The molecule has 7 nitrogen and oxygen atoms in total. The van der Waals surface area contributed by atoms with Crippen molar-refractivity contribution < 1.29 is 23.9 Å². The highest BCUT2D eigenvalue weighted by atomic mass is 79.9. The van der Waals surface area contributed by atoms with Gasteiger partial charge < -0.3 is 9.47 Å². The number of nitrogens with one attached hydrogen (secondary N) is 1. The Morgan fingerprint density at radius 1 is 0.917 bits per heavy atom. The van der Waals surface area contributed by atoms with Gasteiger partial charge >= 0.3 is 6.03 Å². The Balaban J connectivity index is 1.66. The lowest BCUT2D eigenvalue weighted by Crippen LogP contribution is -2.54. The second-order valence-corrected chi connectivity index (χ2v) is 9.46. The fourth-order valence-corrected chi connectivity index (χ4v) is 4.46. The van der Waals surface area contributed by atoms with Crippen LogP contribution < -0.4 is 19.7 Å². The third-order valence-corrected chi connectivity index (χ3v) is 6.31. The van der Waals surface area contributed by atoms with Gasteiger partial charge in [0.05, 0.1) is 12.8 Å². The quantitative estimate of drug-likeness (QED) is 0.318. The first-order valence-electron chi connectivity index (χ1n) is 11.2. The summed E-state index contributed by atoms with van der Waals surface area (Å²) in [5.74, 6) is -0.543. The summed E-state index contributed by atoms with van der Waals surface area (Å²) >= 11 is 3.50. The molecule has 0 unspecified atom stereocenters. The lowest BCUT2D eigenvalue weighted by atomic mass is 10.0. The van der Waals surface area contributed by atoms with Crippen LogP contribution in [-0.2, 0) is 16.2 Å². The van der Waals surface area contributed by atoms with E-state index in [-0.39, 0.29) is 5.57 Å². The van der Waals surface area contributed by atoms with Gasteiger partial charge in [-0.05, 0) is 73.4 Å². The van der Waals surface area contributed by atoms with Crippen LogP contribution in [0.1, 0.15) is 27.8 Å². The number of nitrogens with zero attached hydrogens (tertiary/aromatic N) is 1. The number of barbiturate groups is 1. The average molecular weight is 549 g/mol. The fourth-order valence-electron chi connectivity index (χ4n) is 4.02. The van der Waals surface area contributed by atoms with Gasteiger partial charge in [-0.15, -0.1) is 0 Å². The molecule has 0 spiro atoms. The number of rotatable bonds is 6. The van der Waals surface area contributed by atoms with Gasteiger partial charge in [0.15, 0.2) is 11.5 Å². The molecule has 1 fully saturated rings. The van der Waals surface area contributed by atoms with E-state index in [1.165, 1.54) is 13.2 Å². The Morgan fingerprint density at radius 3 is 2.31 bits per heavy atom. The standard InChI is InChI=1S/C28H25BrN2O5/c1-16-6-5-7-19(9-16)15-36-25-14-23(29)20(13-24(25)35-4)12-22-26(32)30-28(34)31(27(22)33)21-10-17(2)8-18(3)11-21/h5-14H,15H2,1-4H3,(H,30,32,34)/b22-12+. The minimum absolute atomic E-state index is 0.176. The number of carbonyl (C=O) groups is 3. The maximum absolute atomic E-state index is 13.3. The minimum Gasteiger partial charge on any atom is -0.493 e. The molecule has 0 aromatic heterocycles. The van der Waals surface area contributed by atoms with E-state index in [9.17, 15) is 14.4 Å². The first-order chi connectivity index (χ1) is 17.2. The number of anilines is 1. The van der Waals surface area contributed by atoms with Crippen LogP contribution in [0.15, 0.2) is 64.6 Å². The molecule has 1 saturated heterocycles. The molecular formula is C28H25BrN2O5. The molecule has 3 aromatic rings. The molecule has 1 aliphatic heterocycles. The highest BCUT2D eigenvalue weighted by Gasteiger charge is 2.37. The van der Waals surface area contributed by atoms with Crippen molar-refractivity contribution in [2.45, 2.75) is 27.4 Å². The van der Waals surface area contributed by atoms with Crippen molar-refractivity contribution in [1.82, 2.24) is 5.32 Å². The third kappa shape index (κ3) is 5.33. The summed E-state index contributed by atoms with van der Waals surface area (Å²) < 4.78 is 12.1. The van der Waals surface area contributed by atoms with Crippen LogP contribution in [0.5, 0.6) is 11.5 Å². The molecule has 0 aliphatic carbocycles. The number of aryl methyl sites for hydroxylation is 3. The number of benzene rings is 3. The first-order valence-corrected chi connectivity index (χ1v) is 12.0. The number of hydrogen-bond acceptors (Lipinski definition) is 5. The largest absolute Gasteiger partial charge is 0.493 e. The van der Waals surface area contributed by atoms with Gasteiger partial charge in [0, 0.05) is 4.47 Å². The van der Waals surface area contributed by atoms with Crippen LogP contribution in [0.2, 0.25) is 0 Å². The molecule has 8 heteroatoms. The smallest absolute Gasteiger partial charge is 0.335 e. The number of hydrogen-bond donors (Lipinski definition) is 1. The predicted molar refractivity (Wildman–Crippen MR) is 141 cm³/mol. The second kappa shape index (κ2) is 10.4. The van der Waals surface area contributed by atoms with Gasteiger partial charge in [-0.3, -0.25) is 14.9 Å². The second-order valence-electron chi connectivity index (χ2n) is 8.61. The number of ether oxygens (including phenoxy) is 2. The zero-order valence-electron chi connectivity index (χ0n) is 20.3. The highest BCUT2D eigenvalue weighted by molar-refractivity contribution is 9.10. The van der Waals surface area contributed by atoms with Gasteiger partial charge in [-0.1, -0.05) is 51.8 Å². The normalized spacial score (nSPS) is 14.8. The molecule has 184 valence electrons. The van der Waals surface area contributed by atoms with Crippen molar-refractivity contribution in [1.29, 1.82) is 0 Å². The van der Waals surface area contributed by atoms with Crippen LogP contribution in [0, 0.1) is 20.8 Å². The van der Waals surface area contributed by atoms with Crippen molar-refractivity contribution >= 4 is 45.5 Å². The van der Waals surface area contributed by atoms with Crippen molar-refractivity contribution in [3.63, 3.8) is 0 Å². The summed E-state index contributed by atoms with van der Waals surface area (Å²) in [5.41, 5.74) is 4.66. The van der Waals surface area contributed by atoms with Gasteiger partial charge in [-0.25, -0.2) is 9.69 Å². The number of halogens is 1. The topological polar surface area (TPSA) is 84.9 Å². The van der Waals surface area contributed by atoms with E-state index in [2.05, 4.69) is 21.2 Å². The maximum Gasteiger partial charge on any atom is 0.335 e. The summed E-state index contributed by atoms with van der Waals surface area (Å²) in [7, 11) is 1.51. The van der Waals surface area contributed by atoms with Crippen molar-refractivity contribution in [2.75, 3.05) is 12.0 Å². The number of imide groups is 2. The molecule has 36 heavy (non-hydrogen) atoms. The number of urea groups is 1. The zero-order chi connectivity index (χ0) is 26.0. The van der Waals surface area contributed by atoms with Crippen LogP contribution in [-0.4, -0.2) is 25.0 Å². The highest BCUT2D eigenvalue weighted by Crippen LogP contribution is 2.36. The van der Waals surface area contributed by atoms with E-state index in [0.29, 0.717) is 33.8 Å². The monoisotopic (exact) mass is 548 g/mol. The van der Waals surface area contributed by atoms with E-state index >= 15 is 0 Å². The van der Waals surface area contributed by atoms with Gasteiger partial charge in [0.25, 0.3) is 11.8 Å².